The van der Waals surface area contributed by atoms with E-state index in [0.29, 0.717) is 24.5 Å². The largest absolute Gasteiger partial charge is 0.372 e. The van der Waals surface area contributed by atoms with Crippen molar-refractivity contribution in [3.63, 3.8) is 0 Å². The first-order valence-electron chi connectivity index (χ1n) is 7.47. The molecule has 0 aromatic carbocycles. The van der Waals surface area contributed by atoms with Gasteiger partial charge >= 0.3 is 0 Å². The molecule has 2 atom stereocenters. The van der Waals surface area contributed by atoms with Crippen molar-refractivity contribution >= 4 is 29.9 Å². The highest BCUT2D eigenvalue weighted by Gasteiger charge is 2.31. The van der Waals surface area contributed by atoms with Crippen molar-refractivity contribution in [2.45, 2.75) is 44.9 Å². The summed E-state index contributed by atoms with van der Waals surface area (Å²) < 4.78 is 7.89. The fourth-order valence-corrected chi connectivity index (χ4v) is 2.69. The SMILES string of the molecule is CCn1nccc1[C@@H]1OCC[C@H]1CN=C(N)NC1CC1.I. The minimum Gasteiger partial charge on any atom is -0.372 e. The molecule has 0 unspecified atom stereocenters. The number of ether oxygens (including phenoxy) is 1. The lowest BCUT2D eigenvalue weighted by Crippen LogP contribution is -2.34. The Kier molecular flexibility index (Phi) is 5.86. The van der Waals surface area contributed by atoms with E-state index in [-0.39, 0.29) is 30.1 Å². The van der Waals surface area contributed by atoms with E-state index in [0.717, 1.165) is 25.3 Å². The van der Waals surface area contributed by atoms with Gasteiger partial charge < -0.3 is 15.8 Å². The summed E-state index contributed by atoms with van der Waals surface area (Å²) in [5.41, 5.74) is 7.05. The van der Waals surface area contributed by atoms with Crippen molar-refractivity contribution in [3.05, 3.63) is 18.0 Å². The molecule has 1 aromatic heterocycles. The van der Waals surface area contributed by atoms with Crippen LogP contribution in [0.2, 0.25) is 0 Å². The second kappa shape index (κ2) is 7.44. The van der Waals surface area contributed by atoms with Crippen LogP contribution in [0.3, 0.4) is 0 Å². The maximum absolute atomic E-state index is 5.89. The Labute approximate surface area is 142 Å². The molecule has 7 heteroatoms. The van der Waals surface area contributed by atoms with Crippen molar-refractivity contribution in [1.29, 1.82) is 0 Å². The zero-order valence-electron chi connectivity index (χ0n) is 12.4. The number of rotatable bonds is 5. The second-order valence-corrected chi connectivity index (χ2v) is 5.56. The van der Waals surface area contributed by atoms with E-state index in [1.165, 1.54) is 12.8 Å². The molecule has 0 radical (unpaired) electrons. The molecule has 2 aliphatic rings. The zero-order valence-corrected chi connectivity index (χ0v) is 14.7. The molecule has 1 saturated heterocycles. The van der Waals surface area contributed by atoms with Crippen LogP contribution >= 0.6 is 24.0 Å². The third-order valence-electron chi connectivity index (χ3n) is 3.98. The van der Waals surface area contributed by atoms with Gasteiger partial charge in [-0.05, 0) is 32.3 Å². The standard InChI is InChI=1S/C14H23N5O.HI/c1-2-19-12(5-7-17-19)13-10(6-8-20-13)9-16-14(15)18-11-3-4-11;/h5,7,10-11,13H,2-4,6,8-9H2,1H3,(H3,15,16,18);1H/t10-,13+;/m0./s1. The Morgan fingerprint density at radius 1 is 1.52 bits per heavy atom. The van der Waals surface area contributed by atoms with Crippen molar-refractivity contribution in [3.8, 4) is 0 Å². The molecular weight excluding hydrogens is 381 g/mol. The number of hydrogen-bond donors (Lipinski definition) is 2. The quantitative estimate of drug-likeness (QED) is 0.444. The minimum atomic E-state index is 0. The Balaban J connectivity index is 0.00000161. The smallest absolute Gasteiger partial charge is 0.188 e. The zero-order chi connectivity index (χ0) is 13.9. The van der Waals surface area contributed by atoms with E-state index in [9.17, 15) is 0 Å². The fourth-order valence-electron chi connectivity index (χ4n) is 2.69. The van der Waals surface area contributed by atoms with Crippen molar-refractivity contribution < 1.29 is 4.74 Å². The molecule has 1 aliphatic heterocycles. The first-order chi connectivity index (χ1) is 9.78. The Morgan fingerprint density at radius 2 is 2.33 bits per heavy atom. The monoisotopic (exact) mass is 405 g/mol. The number of halogens is 1. The van der Waals surface area contributed by atoms with Gasteiger partial charge in [-0.3, -0.25) is 9.67 Å². The molecule has 6 nitrogen and oxygen atoms in total. The summed E-state index contributed by atoms with van der Waals surface area (Å²) in [7, 11) is 0. The highest BCUT2D eigenvalue weighted by atomic mass is 127. The van der Waals surface area contributed by atoms with Gasteiger partial charge in [0.1, 0.15) is 6.10 Å². The number of nitrogens with zero attached hydrogens (tertiary/aromatic N) is 3. The predicted molar refractivity (Wildman–Crippen MR) is 92.8 cm³/mol. The van der Waals surface area contributed by atoms with Gasteiger partial charge in [-0.1, -0.05) is 0 Å². The van der Waals surface area contributed by atoms with Crippen LogP contribution in [0.5, 0.6) is 0 Å². The van der Waals surface area contributed by atoms with Gasteiger partial charge in [0.2, 0.25) is 0 Å². The van der Waals surface area contributed by atoms with Gasteiger partial charge in [0, 0.05) is 37.9 Å². The van der Waals surface area contributed by atoms with Crippen molar-refractivity contribution in [2.24, 2.45) is 16.6 Å². The van der Waals surface area contributed by atoms with Crippen LogP contribution in [0.25, 0.3) is 0 Å². The van der Waals surface area contributed by atoms with Gasteiger partial charge in [0.05, 0.1) is 5.69 Å². The lowest BCUT2D eigenvalue weighted by Gasteiger charge is -2.18. The Morgan fingerprint density at radius 3 is 3.05 bits per heavy atom. The highest BCUT2D eigenvalue weighted by molar-refractivity contribution is 14.0. The molecule has 3 N–H and O–H groups in total. The van der Waals surface area contributed by atoms with Crippen LogP contribution in [-0.4, -0.2) is 34.9 Å². The highest BCUT2D eigenvalue weighted by Crippen LogP contribution is 2.34. The topological polar surface area (TPSA) is 77.5 Å². The summed E-state index contributed by atoms with van der Waals surface area (Å²) >= 11 is 0. The van der Waals surface area contributed by atoms with E-state index in [1.807, 2.05) is 16.9 Å². The molecule has 118 valence electrons. The van der Waals surface area contributed by atoms with Crippen LogP contribution in [0.1, 0.15) is 38.0 Å². The van der Waals surface area contributed by atoms with Crippen molar-refractivity contribution in [1.82, 2.24) is 15.1 Å². The molecule has 2 heterocycles. The number of aliphatic imine (C=N–C) groups is 1. The third kappa shape index (κ3) is 4.09. The van der Waals surface area contributed by atoms with E-state index >= 15 is 0 Å². The number of aromatic nitrogens is 2. The third-order valence-corrected chi connectivity index (χ3v) is 3.98. The normalized spacial score (nSPS) is 25.7. The van der Waals surface area contributed by atoms with E-state index in [4.69, 9.17) is 10.5 Å². The minimum absolute atomic E-state index is 0. The van der Waals surface area contributed by atoms with Gasteiger partial charge in [-0.15, -0.1) is 24.0 Å². The van der Waals surface area contributed by atoms with Gasteiger partial charge in [-0.2, -0.15) is 5.10 Å². The van der Waals surface area contributed by atoms with Gasteiger partial charge in [0.15, 0.2) is 5.96 Å². The number of guanidine groups is 1. The molecule has 3 rings (SSSR count). The summed E-state index contributed by atoms with van der Waals surface area (Å²) in [6, 6.07) is 2.60. The molecule has 1 aliphatic carbocycles. The maximum Gasteiger partial charge on any atom is 0.188 e. The number of hydrogen-bond acceptors (Lipinski definition) is 3. The van der Waals surface area contributed by atoms with Crippen LogP contribution in [0.4, 0.5) is 0 Å². The lowest BCUT2D eigenvalue weighted by molar-refractivity contribution is 0.0851. The lowest BCUT2D eigenvalue weighted by atomic mass is 9.99. The number of nitrogens with two attached hydrogens (primary N) is 1. The molecule has 21 heavy (non-hydrogen) atoms. The molecule has 0 amide bonds. The van der Waals surface area contributed by atoms with Crippen molar-refractivity contribution in [2.75, 3.05) is 13.2 Å². The van der Waals surface area contributed by atoms with Crippen LogP contribution in [-0.2, 0) is 11.3 Å². The van der Waals surface area contributed by atoms with Crippen LogP contribution in [0.15, 0.2) is 17.3 Å². The molecule has 2 fully saturated rings. The van der Waals surface area contributed by atoms with E-state index in [1.54, 1.807) is 0 Å². The summed E-state index contributed by atoms with van der Waals surface area (Å²) in [6.45, 7) is 4.46. The summed E-state index contributed by atoms with van der Waals surface area (Å²) in [4.78, 5) is 4.48. The molecule has 0 spiro atoms. The van der Waals surface area contributed by atoms with Crippen LogP contribution < -0.4 is 11.1 Å². The average molecular weight is 405 g/mol. The van der Waals surface area contributed by atoms with Gasteiger partial charge in [-0.25, -0.2) is 0 Å². The Bertz CT molecular complexity index is 485. The maximum atomic E-state index is 5.89. The van der Waals surface area contributed by atoms with E-state index in [2.05, 4.69) is 22.3 Å². The summed E-state index contributed by atoms with van der Waals surface area (Å²) in [5.74, 6) is 0.957. The first kappa shape index (κ1) is 16.5. The molecule has 0 bridgehead atoms. The first-order valence-corrected chi connectivity index (χ1v) is 7.47. The summed E-state index contributed by atoms with van der Waals surface area (Å²) in [6.07, 6.45) is 5.38. The molecular formula is C14H24IN5O. The predicted octanol–water partition coefficient (Wildman–Crippen LogP) is 1.67. The average Bonchev–Trinajstić information content (AvgIpc) is 2.96. The Hall–Kier alpha value is -0.830. The number of aryl methyl sites for hydroxylation is 1. The van der Waals surface area contributed by atoms with E-state index < -0.39 is 0 Å². The second-order valence-electron chi connectivity index (χ2n) is 5.56. The van der Waals surface area contributed by atoms with Gasteiger partial charge in [0.25, 0.3) is 0 Å². The fraction of sp³-hybridized carbons (Fsp3) is 0.714. The van der Waals surface area contributed by atoms with Crippen LogP contribution in [0, 0.1) is 5.92 Å². The molecule has 1 saturated carbocycles. The number of nitrogens with one attached hydrogen (secondary N) is 1. The molecule has 1 aromatic rings. The summed E-state index contributed by atoms with van der Waals surface area (Å²) in [5, 5.41) is 7.54.